The molecule has 2 rings (SSSR count). The number of anilines is 1. The van der Waals surface area contributed by atoms with Gasteiger partial charge in [-0.2, -0.15) is 0 Å². The molecule has 0 atom stereocenters. The minimum Gasteiger partial charge on any atom is -0.508 e. The molecule has 0 fully saturated rings. The van der Waals surface area contributed by atoms with E-state index >= 15 is 0 Å². The lowest BCUT2D eigenvalue weighted by atomic mass is 10.1. The van der Waals surface area contributed by atoms with Crippen molar-refractivity contribution in [1.29, 1.82) is 0 Å². The van der Waals surface area contributed by atoms with Crippen LogP contribution in [-0.2, 0) is 0 Å². The Morgan fingerprint density at radius 3 is 2.21 bits per heavy atom. The lowest BCUT2D eigenvalue weighted by molar-refractivity contribution is 0.0988. The minimum absolute atomic E-state index is 0.112. The molecule has 0 spiro atoms. The first-order valence-electron chi connectivity index (χ1n) is 5.98. The summed E-state index contributed by atoms with van der Waals surface area (Å²) in [6.45, 7) is 2.33. The second-order valence-electron chi connectivity index (χ2n) is 4.07. The van der Waals surface area contributed by atoms with Gasteiger partial charge in [-0.15, -0.1) is 0 Å². The molecule has 0 bridgehead atoms. The van der Waals surface area contributed by atoms with Crippen LogP contribution in [0.25, 0.3) is 0 Å². The summed E-state index contributed by atoms with van der Waals surface area (Å²) in [7, 11) is 0. The number of nitrogens with zero attached hydrogens (tertiary/aromatic N) is 1. The number of hydrogen-bond donors (Lipinski definition) is 1. The first-order valence-corrected chi connectivity index (χ1v) is 5.98. The zero-order chi connectivity index (χ0) is 13.8. The maximum Gasteiger partial charge on any atom is 0.258 e. The van der Waals surface area contributed by atoms with E-state index in [0.717, 1.165) is 0 Å². The van der Waals surface area contributed by atoms with Gasteiger partial charge in [-0.3, -0.25) is 4.79 Å². The highest BCUT2D eigenvalue weighted by atomic mass is 19.1. The fourth-order valence-electron chi connectivity index (χ4n) is 1.82. The Labute approximate surface area is 110 Å². The van der Waals surface area contributed by atoms with Gasteiger partial charge in [0.05, 0.1) is 0 Å². The van der Waals surface area contributed by atoms with Crippen LogP contribution in [0.2, 0.25) is 0 Å². The highest BCUT2D eigenvalue weighted by Gasteiger charge is 2.15. The quantitative estimate of drug-likeness (QED) is 0.919. The topological polar surface area (TPSA) is 40.5 Å². The summed E-state index contributed by atoms with van der Waals surface area (Å²) in [6, 6.07) is 11.8. The Morgan fingerprint density at radius 2 is 1.68 bits per heavy atom. The van der Waals surface area contributed by atoms with Gasteiger partial charge in [0.1, 0.15) is 11.6 Å². The average Bonchev–Trinajstić information content (AvgIpc) is 2.42. The Bertz CT molecular complexity index is 564. The third kappa shape index (κ3) is 2.91. The number of halogens is 1. The van der Waals surface area contributed by atoms with Gasteiger partial charge in [-0.05, 0) is 55.5 Å². The van der Waals surface area contributed by atoms with Crippen molar-refractivity contribution in [3.05, 3.63) is 59.9 Å². The fourth-order valence-corrected chi connectivity index (χ4v) is 1.82. The minimum atomic E-state index is -0.336. The molecule has 0 unspecified atom stereocenters. The molecule has 3 nitrogen and oxygen atoms in total. The molecule has 4 heteroatoms. The summed E-state index contributed by atoms with van der Waals surface area (Å²) in [4.78, 5) is 13.9. The largest absolute Gasteiger partial charge is 0.508 e. The van der Waals surface area contributed by atoms with Crippen LogP contribution in [0.3, 0.4) is 0 Å². The molecule has 0 saturated heterocycles. The number of benzene rings is 2. The van der Waals surface area contributed by atoms with Crippen molar-refractivity contribution in [2.75, 3.05) is 11.4 Å². The molecule has 98 valence electrons. The Kier molecular flexibility index (Phi) is 3.80. The number of carbonyl (C=O) groups excluding carboxylic acids is 1. The highest BCUT2D eigenvalue weighted by molar-refractivity contribution is 6.06. The highest BCUT2D eigenvalue weighted by Crippen LogP contribution is 2.19. The predicted molar refractivity (Wildman–Crippen MR) is 71.9 cm³/mol. The molecule has 1 amide bonds. The fraction of sp³-hybridized carbons (Fsp3) is 0.133. The number of phenols is 1. The second-order valence-corrected chi connectivity index (χ2v) is 4.07. The van der Waals surface area contributed by atoms with E-state index in [1.165, 1.54) is 24.3 Å². The monoisotopic (exact) mass is 259 g/mol. The van der Waals surface area contributed by atoms with E-state index in [1.54, 1.807) is 29.2 Å². The zero-order valence-corrected chi connectivity index (χ0v) is 10.5. The molecule has 1 N–H and O–H groups in total. The molecule has 0 aromatic heterocycles. The van der Waals surface area contributed by atoms with E-state index in [1.807, 2.05) is 6.92 Å². The summed E-state index contributed by atoms with van der Waals surface area (Å²) in [6.07, 6.45) is 0. The van der Waals surface area contributed by atoms with Gasteiger partial charge in [0, 0.05) is 17.8 Å². The van der Waals surface area contributed by atoms with Crippen LogP contribution >= 0.6 is 0 Å². The van der Waals surface area contributed by atoms with Crippen LogP contribution in [0.5, 0.6) is 5.75 Å². The SMILES string of the molecule is CCN(C(=O)c1ccc(O)cc1)c1ccc(F)cc1. The van der Waals surface area contributed by atoms with Crippen LogP contribution in [0.1, 0.15) is 17.3 Å². The molecule has 0 saturated carbocycles. The summed E-state index contributed by atoms with van der Waals surface area (Å²) >= 11 is 0. The van der Waals surface area contributed by atoms with Crippen molar-refractivity contribution < 1.29 is 14.3 Å². The Hall–Kier alpha value is -2.36. The third-order valence-corrected chi connectivity index (χ3v) is 2.81. The molecule has 0 aliphatic heterocycles. The number of hydrogen-bond acceptors (Lipinski definition) is 2. The Balaban J connectivity index is 2.29. The van der Waals surface area contributed by atoms with E-state index < -0.39 is 0 Å². The number of aromatic hydroxyl groups is 1. The van der Waals surface area contributed by atoms with Gasteiger partial charge in [-0.25, -0.2) is 4.39 Å². The number of phenolic OH excluding ortho intramolecular Hbond substituents is 1. The van der Waals surface area contributed by atoms with Crippen molar-refractivity contribution >= 4 is 11.6 Å². The van der Waals surface area contributed by atoms with E-state index in [2.05, 4.69) is 0 Å². The lowest BCUT2D eigenvalue weighted by Crippen LogP contribution is -2.30. The second kappa shape index (κ2) is 5.52. The van der Waals surface area contributed by atoms with Gasteiger partial charge in [0.2, 0.25) is 0 Å². The van der Waals surface area contributed by atoms with Crippen LogP contribution < -0.4 is 4.90 Å². The maximum absolute atomic E-state index is 12.9. The van der Waals surface area contributed by atoms with Crippen LogP contribution in [0, 0.1) is 5.82 Å². The summed E-state index contributed by atoms with van der Waals surface area (Å²) in [5.74, 6) is -0.410. The van der Waals surface area contributed by atoms with E-state index in [9.17, 15) is 14.3 Å². The number of rotatable bonds is 3. The van der Waals surface area contributed by atoms with Crippen molar-refractivity contribution in [3.8, 4) is 5.75 Å². The maximum atomic E-state index is 12.9. The van der Waals surface area contributed by atoms with E-state index in [0.29, 0.717) is 17.8 Å². The normalized spacial score (nSPS) is 10.2. The predicted octanol–water partition coefficient (Wildman–Crippen LogP) is 3.20. The van der Waals surface area contributed by atoms with Gasteiger partial charge in [0.15, 0.2) is 0 Å². The van der Waals surface area contributed by atoms with Crippen molar-refractivity contribution in [2.45, 2.75) is 6.92 Å². The molecular weight excluding hydrogens is 245 g/mol. The molecule has 0 aliphatic carbocycles. The van der Waals surface area contributed by atoms with Gasteiger partial charge in [0.25, 0.3) is 5.91 Å². The summed E-state index contributed by atoms with van der Waals surface area (Å²) in [5.41, 5.74) is 1.12. The molecular formula is C15H14FNO2. The van der Waals surface area contributed by atoms with Crippen LogP contribution in [0.15, 0.2) is 48.5 Å². The number of amides is 1. The van der Waals surface area contributed by atoms with Crippen molar-refractivity contribution in [2.24, 2.45) is 0 Å². The molecule has 19 heavy (non-hydrogen) atoms. The zero-order valence-electron chi connectivity index (χ0n) is 10.5. The van der Waals surface area contributed by atoms with Crippen molar-refractivity contribution in [1.82, 2.24) is 0 Å². The average molecular weight is 259 g/mol. The molecule has 2 aromatic rings. The molecule has 2 aromatic carbocycles. The summed E-state index contributed by atoms with van der Waals surface area (Å²) in [5, 5.41) is 9.22. The third-order valence-electron chi connectivity index (χ3n) is 2.81. The number of carbonyl (C=O) groups is 1. The van der Waals surface area contributed by atoms with E-state index in [4.69, 9.17) is 0 Å². The standard InChI is InChI=1S/C15H14FNO2/c1-2-17(13-7-5-12(16)6-8-13)15(19)11-3-9-14(18)10-4-11/h3-10,18H,2H2,1H3. The van der Waals surface area contributed by atoms with Crippen LogP contribution in [-0.4, -0.2) is 17.6 Å². The van der Waals surface area contributed by atoms with Gasteiger partial charge < -0.3 is 10.0 Å². The van der Waals surface area contributed by atoms with E-state index in [-0.39, 0.29) is 17.5 Å². The Morgan fingerprint density at radius 1 is 1.11 bits per heavy atom. The van der Waals surface area contributed by atoms with Gasteiger partial charge in [-0.1, -0.05) is 0 Å². The molecule has 0 aliphatic rings. The van der Waals surface area contributed by atoms with Crippen LogP contribution in [0.4, 0.5) is 10.1 Å². The molecule has 0 heterocycles. The smallest absolute Gasteiger partial charge is 0.258 e. The van der Waals surface area contributed by atoms with Gasteiger partial charge >= 0.3 is 0 Å². The lowest BCUT2D eigenvalue weighted by Gasteiger charge is -2.21. The summed E-state index contributed by atoms with van der Waals surface area (Å²) < 4.78 is 12.9. The van der Waals surface area contributed by atoms with Crippen molar-refractivity contribution in [3.63, 3.8) is 0 Å². The first-order chi connectivity index (χ1) is 9.11. The molecule has 0 radical (unpaired) electrons. The first kappa shape index (κ1) is 13.1.